The molecule has 0 spiro atoms. The number of nitrogens with one attached hydrogen (secondary N) is 1. The zero-order chi connectivity index (χ0) is 12.3. The molecule has 1 fully saturated rings. The van der Waals surface area contributed by atoms with E-state index >= 15 is 0 Å². The number of hydrogen-bond acceptors (Lipinski definition) is 4. The van der Waals surface area contributed by atoms with E-state index in [2.05, 4.69) is 36.1 Å². The Morgan fingerprint density at radius 1 is 1.41 bits per heavy atom. The van der Waals surface area contributed by atoms with Gasteiger partial charge >= 0.3 is 0 Å². The second-order valence-corrected chi connectivity index (χ2v) is 6.30. The molecular formula is C13H23N3S. The number of likely N-dealkylation sites (N-methyl/N-ethyl adjacent to an activating group) is 1. The van der Waals surface area contributed by atoms with Crippen LogP contribution in [0.3, 0.4) is 0 Å². The van der Waals surface area contributed by atoms with Crippen molar-refractivity contribution in [2.24, 2.45) is 0 Å². The average molecular weight is 253 g/mol. The maximum atomic E-state index is 4.55. The average Bonchev–Trinajstić information content (AvgIpc) is 2.61. The Hall–Kier alpha value is -0.450. The van der Waals surface area contributed by atoms with Crippen LogP contribution in [0.5, 0.6) is 0 Å². The zero-order valence-corrected chi connectivity index (χ0v) is 11.9. The number of likely N-dealkylation sites (tertiary alicyclic amines) is 1. The summed E-state index contributed by atoms with van der Waals surface area (Å²) in [5, 5.41) is 4.77. The van der Waals surface area contributed by atoms with Crippen LogP contribution in [0.1, 0.15) is 34.8 Å². The first-order valence-corrected chi connectivity index (χ1v) is 7.32. The standard InChI is InChI=1S/C13H23N3S/c1-10-11(2)17-13(15-10)9-14-8-12-6-4-5-7-16(12)3/h12,14H,4-9H2,1-3H3. The minimum Gasteiger partial charge on any atom is -0.309 e. The highest BCUT2D eigenvalue weighted by atomic mass is 32.1. The molecule has 0 bridgehead atoms. The summed E-state index contributed by atoms with van der Waals surface area (Å²) >= 11 is 1.81. The summed E-state index contributed by atoms with van der Waals surface area (Å²) in [4.78, 5) is 8.38. The Kier molecular flexibility index (Phi) is 4.54. The molecular weight excluding hydrogens is 230 g/mol. The Balaban J connectivity index is 1.75. The smallest absolute Gasteiger partial charge is 0.107 e. The third kappa shape index (κ3) is 3.50. The van der Waals surface area contributed by atoms with E-state index in [0.29, 0.717) is 6.04 Å². The maximum Gasteiger partial charge on any atom is 0.107 e. The second-order valence-electron chi connectivity index (χ2n) is 5.01. The van der Waals surface area contributed by atoms with Gasteiger partial charge in [0, 0.05) is 24.0 Å². The molecule has 1 aromatic heterocycles. The molecule has 1 atom stereocenters. The minimum absolute atomic E-state index is 0.714. The Morgan fingerprint density at radius 3 is 2.88 bits per heavy atom. The molecule has 1 aliphatic rings. The molecule has 0 aromatic carbocycles. The lowest BCUT2D eigenvalue weighted by Crippen LogP contribution is -2.42. The van der Waals surface area contributed by atoms with Gasteiger partial charge in [0.1, 0.15) is 5.01 Å². The van der Waals surface area contributed by atoms with E-state index in [1.807, 2.05) is 11.3 Å². The van der Waals surface area contributed by atoms with Crippen molar-refractivity contribution in [3.63, 3.8) is 0 Å². The highest BCUT2D eigenvalue weighted by Crippen LogP contribution is 2.17. The van der Waals surface area contributed by atoms with Crippen LogP contribution in [0.25, 0.3) is 0 Å². The van der Waals surface area contributed by atoms with Gasteiger partial charge in [0.2, 0.25) is 0 Å². The molecule has 0 amide bonds. The molecule has 0 aliphatic carbocycles. The molecule has 1 unspecified atom stereocenters. The van der Waals surface area contributed by atoms with E-state index in [0.717, 1.165) is 13.1 Å². The van der Waals surface area contributed by atoms with Crippen LogP contribution in [0.2, 0.25) is 0 Å². The summed E-state index contributed by atoms with van der Waals surface area (Å²) in [5.41, 5.74) is 1.18. The molecule has 0 saturated carbocycles. The van der Waals surface area contributed by atoms with Crippen molar-refractivity contribution >= 4 is 11.3 Å². The Morgan fingerprint density at radius 2 is 2.24 bits per heavy atom. The van der Waals surface area contributed by atoms with Crippen LogP contribution in [0.15, 0.2) is 0 Å². The fraction of sp³-hybridized carbons (Fsp3) is 0.769. The molecule has 1 N–H and O–H groups in total. The van der Waals surface area contributed by atoms with Gasteiger partial charge in [-0.1, -0.05) is 6.42 Å². The van der Waals surface area contributed by atoms with Crippen LogP contribution in [-0.4, -0.2) is 36.1 Å². The summed E-state index contributed by atoms with van der Waals surface area (Å²) in [6.07, 6.45) is 4.07. The molecule has 17 heavy (non-hydrogen) atoms. The van der Waals surface area contributed by atoms with E-state index in [1.54, 1.807) is 0 Å². The molecule has 96 valence electrons. The number of rotatable bonds is 4. The molecule has 2 heterocycles. The first-order chi connectivity index (χ1) is 8.16. The lowest BCUT2D eigenvalue weighted by atomic mass is 10.0. The number of aryl methyl sites for hydroxylation is 2. The first-order valence-electron chi connectivity index (χ1n) is 6.50. The quantitative estimate of drug-likeness (QED) is 0.892. The van der Waals surface area contributed by atoms with Crippen molar-refractivity contribution in [2.75, 3.05) is 20.1 Å². The molecule has 1 saturated heterocycles. The molecule has 3 nitrogen and oxygen atoms in total. The highest BCUT2D eigenvalue weighted by Gasteiger charge is 2.18. The predicted octanol–water partition coefficient (Wildman–Crippen LogP) is 2.33. The maximum absolute atomic E-state index is 4.55. The lowest BCUT2D eigenvalue weighted by Gasteiger charge is -2.32. The van der Waals surface area contributed by atoms with Crippen molar-refractivity contribution < 1.29 is 0 Å². The summed E-state index contributed by atoms with van der Waals surface area (Å²) < 4.78 is 0. The van der Waals surface area contributed by atoms with Crippen LogP contribution in [0, 0.1) is 13.8 Å². The van der Waals surface area contributed by atoms with Crippen LogP contribution < -0.4 is 5.32 Å². The number of thiazole rings is 1. The van der Waals surface area contributed by atoms with Crippen molar-refractivity contribution in [1.82, 2.24) is 15.2 Å². The minimum atomic E-state index is 0.714. The summed E-state index contributed by atoms with van der Waals surface area (Å²) in [5.74, 6) is 0. The first kappa shape index (κ1) is 13.0. The topological polar surface area (TPSA) is 28.2 Å². The summed E-state index contributed by atoms with van der Waals surface area (Å²) in [6, 6.07) is 0.714. The summed E-state index contributed by atoms with van der Waals surface area (Å²) in [6.45, 7) is 7.50. The van der Waals surface area contributed by atoms with E-state index < -0.39 is 0 Å². The van der Waals surface area contributed by atoms with Gasteiger partial charge in [-0.3, -0.25) is 0 Å². The van der Waals surface area contributed by atoms with Crippen molar-refractivity contribution in [3.05, 3.63) is 15.6 Å². The summed E-state index contributed by atoms with van der Waals surface area (Å²) in [7, 11) is 2.24. The zero-order valence-electron chi connectivity index (χ0n) is 11.1. The van der Waals surface area contributed by atoms with Crippen LogP contribution >= 0.6 is 11.3 Å². The Bertz CT molecular complexity index is 342. The molecule has 4 heteroatoms. The van der Waals surface area contributed by atoms with Crippen molar-refractivity contribution in [2.45, 2.75) is 45.7 Å². The molecule has 0 radical (unpaired) electrons. The van der Waals surface area contributed by atoms with E-state index in [4.69, 9.17) is 0 Å². The largest absolute Gasteiger partial charge is 0.309 e. The normalized spacial score (nSPS) is 21.9. The van der Waals surface area contributed by atoms with Crippen LogP contribution in [0.4, 0.5) is 0 Å². The third-order valence-electron chi connectivity index (χ3n) is 3.65. The molecule has 1 aliphatic heterocycles. The SMILES string of the molecule is Cc1nc(CNCC2CCCCN2C)sc1C. The number of aromatic nitrogens is 1. The number of piperidine rings is 1. The monoisotopic (exact) mass is 253 g/mol. The fourth-order valence-corrected chi connectivity index (χ4v) is 3.27. The van der Waals surface area contributed by atoms with Gasteiger partial charge in [0.15, 0.2) is 0 Å². The van der Waals surface area contributed by atoms with E-state index in [9.17, 15) is 0 Å². The van der Waals surface area contributed by atoms with Gasteiger partial charge < -0.3 is 10.2 Å². The van der Waals surface area contributed by atoms with Gasteiger partial charge in [-0.05, 0) is 40.3 Å². The Labute approximate surface area is 108 Å². The van der Waals surface area contributed by atoms with Gasteiger partial charge in [-0.2, -0.15) is 0 Å². The van der Waals surface area contributed by atoms with E-state index in [1.165, 1.54) is 41.4 Å². The van der Waals surface area contributed by atoms with Gasteiger partial charge in [0.05, 0.1) is 5.69 Å². The van der Waals surface area contributed by atoms with Gasteiger partial charge in [0.25, 0.3) is 0 Å². The van der Waals surface area contributed by atoms with Crippen molar-refractivity contribution in [3.8, 4) is 0 Å². The second kappa shape index (κ2) is 5.94. The molecule has 1 aromatic rings. The highest BCUT2D eigenvalue weighted by molar-refractivity contribution is 7.11. The van der Waals surface area contributed by atoms with Gasteiger partial charge in [-0.25, -0.2) is 4.98 Å². The van der Waals surface area contributed by atoms with Crippen molar-refractivity contribution in [1.29, 1.82) is 0 Å². The third-order valence-corrected chi connectivity index (χ3v) is 4.72. The van der Waals surface area contributed by atoms with Gasteiger partial charge in [-0.15, -0.1) is 11.3 Å². The predicted molar refractivity (Wildman–Crippen MR) is 73.6 cm³/mol. The van der Waals surface area contributed by atoms with Crippen LogP contribution in [-0.2, 0) is 6.54 Å². The molecule has 2 rings (SSSR count). The fourth-order valence-electron chi connectivity index (χ4n) is 2.36. The number of nitrogens with zero attached hydrogens (tertiary/aromatic N) is 2. The van der Waals surface area contributed by atoms with E-state index in [-0.39, 0.29) is 0 Å². The number of hydrogen-bond donors (Lipinski definition) is 1. The lowest BCUT2D eigenvalue weighted by molar-refractivity contribution is 0.181.